The van der Waals surface area contributed by atoms with Crippen LogP contribution < -0.4 is 5.32 Å². The zero-order chi connectivity index (χ0) is 19.7. The van der Waals surface area contributed by atoms with E-state index in [1.165, 1.54) is 18.2 Å². The molecule has 28 heavy (non-hydrogen) atoms. The van der Waals surface area contributed by atoms with Gasteiger partial charge in [0.05, 0.1) is 11.4 Å². The molecular weight excluding hydrogens is 447 g/mol. The van der Waals surface area contributed by atoms with E-state index in [1.54, 1.807) is 4.68 Å². The highest BCUT2D eigenvalue weighted by Crippen LogP contribution is 2.26. The minimum atomic E-state index is -0.482. The monoisotopic (exact) mass is 458 g/mol. The van der Waals surface area contributed by atoms with Gasteiger partial charge in [-0.2, -0.15) is 9.36 Å². The summed E-state index contributed by atoms with van der Waals surface area (Å²) >= 11 is 4.51. The van der Waals surface area contributed by atoms with E-state index in [4.69, 9.17) is 0 Å². The first kappa shape index (κ1) is 18.4. The van der Waals surface area contributed by atoms with Crippen molar-refractivity contribution >= 4 is 38.5 Å². The molecule has 0 bridgehead atoms. The van der Waals surface area contributed by atoms with Crippen molar-refractivity contribution in [3.8, 4) is 17.2 Å². The molecule has 2 aromatic heterocycles. The molecule has 0 unspecified atom stereocenters. The Balaban J connectivity index is 1.58. The Hall–Kier alpha value is -2.98. The summed E-state index contributed by atoms with van der Waals surface area (Å²) in [6.07, 6.45) is 0. The summed E-state index contributed by atoms with van der Waals surface area (Å²) in [6.45, 7) is 1.86. The summed E-state index contributed by atoms with van der Waals surface area (Å²) in [4.78, 5) is 16.5. The molecule has 0 aliphatic heterocycles. The number of carbonyl (C=O) groups excluding carboxylic acids is 1. The number of halogens is 2. The lowest BCUT2D eigenvalue weighted by Crippen LogP contribution is -2.11. The number of nitrogens with one attached hydrogen (secondary N) is 1. The van der Waals surface area contributed by atoms with Gasteiger partial charge in [-0.3, -0.25) is 10.1 Å². The normalized spacial score (nSPS) is 10.8. The highest BCUT2D eigenvalue weighted by molar-refractivity contribution is 9.10. The van der Waals surface area contributed by atoms with Crippen LogP contribution in [0, 0.1) is 12.7 Å². The molecule has 140 valence electrons. The first-order valence-electron chi connectivity index (χ1n) is 8.11. The van der Waals surface area contributed by atoms with Crippen molar-refractivity contribution in [1.82, 2.24) is 24.4 Å². The minimum absolute atomic E-state index is 0.202. The van der Waals surface area contributed by atoms with Gasteiger partial charge in [-0.15, -0.1) is 5.10 Å². The summed E-state index contributed by atoms with van der Waals surface area (Å²) < 4.78 is 20.1. The molecule has 4 rings (SSSR count). The van der Waals surface area contributed by atoms with Gasteiger partial charge in [-0.25, -0.2) is 9.07 Å². The number of amides is 1. The van der Waals surface area contributed by atoms with Crippen molar-refractivity contribution in [2.45, 2.75) is 6.92 Å². The van der Waals surface area contributed by atoms with Crippen LogP contribution in [0.25, 0.3) is 17.2 Å². The van der Waals surface area contributed by atoms with Crippen molar-refractivity contribution in [2.24, 2.45) is 0 Å². The molecule has 0 fully saturated rings. The molecule has 7 nitrogen and oxygen atoms in total. The number of para-hydroxylation sites is 1. The Labute approximate surface area is 171 Å². The van der Waals surface area contributed by atoms with Gasteiger partial charge < -0.3 is 0 Å². The predicted molar refractivity (Wildman–Crippen MR) is 107 cm³/mol. The highest BCUT2D eigenvalue weighted by atomic mass is 79.9. The van der Waals surface area contributed by atoms with E-state index in [9.17, 15) is 9.18 Å². The molecule has 0 aliphatic carbocycles. The lowest BCUT2D eigenvalue weighted by molar-refractivity contribution is 0.102. The number of hydrogen-bond acceptors (Lipinski definition) is 6. The van der Waals surface area contributed by atoms with Crippen molar-refractivity contribution in [3.05, 3.63) is 70.1 Å². The Morgan fingerprint density at radius 2 is 2.04 bits per heavy atom. The predicted octanol–water partition coefficient (Wildman–Crippen LogP) is 4.25. The van der Waals surface area contributed by atoms with E-state index in [-0.39, 0.29) is 5.56 Å². The van der Waals surface area contributed by atoms with Gasteiger partial charge in [0.15, 0.2) is 11.5 Å². The molecule has 4 aromatic rings. The number of carbonyl (C=O) groups is 1. The molecule has 0 saturated heterocycles. The maximum atomic E-state index is 13.3. The Morgan fingerprint density at radius 1 is 1.21 bits per heavy atom. The standard InChI is InChI=1S/C18H12BrFN6OS/c1-10-15(23-25-26(10)14-8-3-2-7-13(14)19)16-21-18(28-24-16)22-17(27)11-5-4-6-12(20)9-11/h2-9H,1H3,(H,21,22,24,27). The fourth-order valence-corrected chi connectivity index (χ4v) is 3.58. The fraction of sp³-hybridized carbons (Fsp3) is 0.0556. The minimum Gasteiger partial charge on any atom is -0.297 e. The second-order valence-electron chi connectivity index (χ2n) is 5.77. The SMILES string of the molecule is Cc1c(-c2nsc(NC(=O)c3cccc(F)c3)n2)nnn1-c1ccccc1Br. The average Bonchev–Trinajstić information content (AvgIpc) is 3.28. The summed E-state index contributed by atoms with van der Waals surface area (Å²) in [5.41, 5.74) is 2.31. The topological polar surface area (TPSA) is 85.6 Å². The summed E-state index contributed by atoms with van der Waals surface area (Å²) in [6, 6.07) is 13.1. The smallest absolute Gasteiger partial charge is 0.257 e. The number of nitrogens with zero attached hydrogens (tertiary/aromatic N) is 5. The molecule has 0 spiro atoms. The van der Waals surface area contributed by atoms with Crippen LogP contribution in [0.5, 0.6) is 0 Å². The van der Waals surface area contributed by atoms with E-state index >= 15 is 0 Å². The number of benzene rings is 2. The molecule has 1 N–H and O–H groups in total. The third kappa shape index (κ3) is 3.56. The number of anilines is 1. The van der Waals surface area contributed by atoms with Gasteiger partial charge in [-0.1, -0.05) is 23.4 Å². The van der Waals surface area contributed by atoms with E-state index in [0.717, 1.165) is 33.5 Å². The molecule has 0 saturated carbocycles. The molecule has 10 heteroatoms. The van der Waals surface area contributed by atoms with Crippen LogP contribution in [0.4, 0.5) is 9.52 Å². The molecule has 0 aliphatic rings. The average molecular weight is 459 g/mol. The van der Waals surface area contributed by atoms with Crippen molar-refractivity contribution in [2.75, 3.05) is 5.32 Å². The maximum absolute atomic E-state index is 13.3. The largest absolute Gasteiger partial charge is 0.297 e. The first-order chi connectivity index (χ1) is 13.5. The maximum Gasteiger partial charge on any atom is 0.257 e. The van der Waals surface area contributed by atoms with Gasteiger partial charge in [0.1, 0.15) is 5.82 Å². The lowest BCUT2D eigenvalue weighted by Gasteiger charge is -2.05. The van der Waals surface area contributed by atoms with Crippen LogP contribution in [-0.4, -0.2) is 30.3 Å². The fourth-order valence-electron chi connectivity index (χ4n) is 2.56. The third-order valence-corrected chi connectivity index (χ3v) is 5.22. The Morgan fingerprint density at radius 3 is 2.82 bits per heavy atom. The summed E-state index contributed by atoms with van der Waals surface area (Å²) in [5, 5.41) is 11.3. The number of hydrogen-bond donors (Lipinski definition) is 1. The van der Waals surface area contributed by atoms with Crippen molar-refractivity contribution < 1.29 is 9.18 Å². The molecule has 1 amide bonds. The lowest BCUT2D eigenvalue weighted by atomic mass is 10.2. The van der Waals surface area contributed by atoms with Crippen LogP contribution >= 0.6 is 27.5 Å². The number of aromatic nitrogens is 5. The van der Waals surface area contributed by atoms with Gasteiger partial charge >= 0.3 is 0 Å². The zero-order valence-electron chi connectivity index (χ0n) is 14.4. The first-order valence-corrected chi connectivity index (χ1v) is 9.68. The van der Waals surface area contributed by atoms with Crippen molar-refractivity contribution in [1.29, 1.82) is 0 Å². The van der Waals surface area contributed by atoms with E-state index in [1.807, 2.05) is 31.2 Å². The van der Waals surface area contributed by atoms with Crippen molar-refractivity contribution in [3.63, 3.8) is 0 Å². The Bertz CT molecular complexity index is 1170. The summed E-state index contributed by atoms with van der Waals surface area (Å²) in [7, 11) is 0. The van der Waals surface area contributed by atoms with Gasteiger partial charge in [0.25, 0.3) is 5.91 Å². The van der Waals surface area contributed by atoms with Crippen LogP contribution in [0.1, 0.15) is 16.1 Å². The zero-order valence-corrected chi connectivity index (χ0v) is 16.8. The van der Waals surface area contributed by atoms with Gasteiger partial charge in [-0.05, 0) is 53.2 Å². The van der Waals surface area contributed by atoms with Crippen LogP contribution in [-0.2, 0) is 0 Å². The highest BCUT2D eigenvalue weighted by Gasteiger charge is 2.18. The molecule has 2 aromatic carbocycles. The van der Waals surface area contributed by atoms with Gasteiger partial charge in [0, 0.05) is 21.6 Å². The van der Waals surface area contributed by atoms with Crippen LogP contribution in [0.3, 0.4) is 0 Å². The number of rotatable bonds is 4. The molecule has 2 heterocycles. The third-order valence-electron chi connectivity index (χ3n) is 3.92. The van der Waals surface area contributed by atoms with Gasteiger partial charge in [0.2, 0.25) is 5.13 Å². The van der Waals surface area contributed by atoms with E-state index in [0.29, 0.717) is 16.6 Å². The van der Waals surface area contributed by atoms with E-state index < -0.39 is 11.7 Å². The quantitative estimate of drug-likeness (QED) is 0.493. The van der Waals surface area contributed by atoms with Crippen LogP contribution in [0.2, 0.25) is 0 Å². The second-order valence-corrected chi connectivity index (χ2v) is 7.38. The summed E-state index contributed by atoms with van der Waals surface area (Å²) in [5.74, 6) is -0.587. The Kier molecular flexibility index (Phi) is 4.97. The van der Waals surface area contributed by atoms with E-state index in [2.05, 4.69) is 40.9 Å². The molecule has 0 radical (unpaired) electrons. The molecular formula is C18H12BrFN6OS. The second kappa shape index (κ2) is 7.56. The van der Waals surface area contributed by atoms with Crippen LogP contribution in [0.15, 0.2) is 53.0 Å². The molecule has 0 atom stereocenters.